The highest BCUT2D eigenvalue weighted by Gasteiger charge is 1.98. The molecule has 2 amide bonds. The molecule has 0 aliphatic carbocycles. The Morgan fingerprint density at radius 2 is 1.86 bits per heavy atom. The number of nitrogens with two attached hydrogens (primary N) is 1. The zero-order valence-corrected chi connectivity index (χ0v) is 8.84. The van der Waals surface area contributed by atoms with Crippen LogP contribution in [0.2, 0.25) is 0 Å². The van der Waals surface area contributed by atoms with Gasteiger partial charge in [0.15, 0.2) is 0 Å². The van der Waals surface area contributed by atoms with Gasteiger partial charge >= 0.3 is 0 Å². The van der Waals surface area contributed by atoms with Crippen LogP contribution in [0.1, 0.15) is 45.4 Å². The van der Waals surface area contributed by atoms with E-state index in [0.717, 1.165) is 25.7 Å². The lowest BCUT2D eigenvalue weighted by Gasteiger charge is -2.03. The van der Waals surface area contributed by atoms with Crippen molar-refractivity contribution in [1.29, 1.82) is 0 Å². The van der Waals surface area contributed by atoms with Crippen molar-refractivity contribution >= 4 is 11.8 Å². The maximum Gasteiger partial charge on any atom is 0.219 e. The van der Waals surface area contributed by atoms with Crippen molar-refractivity contribution in [2.45, 2.75) is 45.4 Å². The Kier molecular flexibility index (Phi) is 7.89. The van der Waals surface area contributed by atoms with Crippen LogP contribution in [0.5, 0.6) is 0 Å². The van der Waals surface area contributed by atoms with Crippen molar-refractivity contribution in [3.8, 4) is 0 Å². The summed E-state index contributed by atoms with van der Waals surface area (Å²) in [6, 6.07) is 0. The first-order valence-corrected chi connectivity index (χ1v) is 5.21. The molecule has 0 bridgehead atoms. The third kappa shape index (κ3) is 9.03. The summed E-state index contributed by atoms with van der Waals surface area (Å²) in [6.07, 6.45) is 4.61. The van der Waals surface area contributed by atoms with E-state index in [1.807, 2.05) is 6.92 Å². The molecule has 3 N–H and O–H groups in total. The number of amides is 2. The fourth-order valence-electron chi connectivity index (χ4n) is 1.14. The van der Waals surface area contributed by atoms with Gasteiger partial charge in [-0.3, -0.25) is 9.59 Å². The third-order valence-corrected chi connectivity index (χ3v) is 1.90. The van der Waals surface area contributed by atoms with Crippen LogP contribution in [0, 0.1) is 0 Å². The first-order valence-electron chi connectivity index (χ1n) is 5.21. The topological polar surface area (TPSA) is 72.2 Å². The van der Waals surface area contributed by atoms with Crippen molar-refractivity contribution in [2.75, 3.05) is 6.54 Å². The van der Waals surface area contributed by atoms with E-state index < -0.39 is 0 Å². The molecule has 14 heavy (non-hydrogen) atoms. The second-order valence-corrected chi connectivity index (χ2v) is 3.38. The van der Waals surface area contributed by atoms with Crippen LogP contribution in [0.4, 0.5) is 0 Å². The van der Waals surface area contributed by atoms with Crippen LogP contribution < -0.4 is 11.1 Å². The van der Waals surface area contributed by atoms with Crippen molar-refractivity contribution < 1.29 is 9.59 Å². The van der Waals surface area contributed by atoms with E-state index in [2.05, 4.69) is 5.32 Å². The first kappa shape index (κ1) is 12.9. The number of carbonyl (C=O) groups is 2. The molecule has 0 aromatic rings. The maximum absolute atomic E-state index is 11.0. The van der Waals surface area contributed by atoms with E-state index in [1.165, 1.54) is 0 Å². The Labute approximate surface area is 85.2 Å². The second-order valence-electron chi connectivity index (χ2n) is 3.38. The molecule has 82 valence electrons. The van der Waals surface area contributed by atoms with Gasteiger partial charge in [0, 0.05) is 19.4 Å². The van der Waals surface area contributed by atoms with E-state index in [1.54, 1.807) is 0 Å². The zero-order chi connectivity index (χ0) is 10.8. The molecule has 0 spiro atoms. The molecule has 0 saturated heterocycles. The highest BCUT2D eigenvalue weighted by Crippen LogP contribution is 1.98. The van der Waals surface area contributed by atoms with Crippen LogP contribution in [-0.2, 0) is 9.59 Å². The highest BCUT2D eigenvalue weighted by atomic mass is 16.1. The summed E-state index contributed by atoms with van der Waals surface area (Å²) in [7, 11) is 0. The van der Waals surface area contributed by atoms with E-state index in [9.17, 15) is 9.59 Å². The van der Waals surface area contributed by atoms with Crippen molar-refractivity contribution in [1.82, 2.24) is 5.32 Å². The summed E-state index contributed by atoms with van der Waals surface area (Å²) < 4.78 is 0. The minimum atomic E-state index is -0.250. The molecule has 0 aliphatic rings. The van der Waals surface area contributed by atoms with E-state index in [-0.39, 0.29) is 11.8 Å². The van der Waals surface area contributed by atoms with Crippen LogP contribution in [0.25, 0.3) is 0 Å². The number of carbonyl (C=O) groups excluding carboxylic acids is 2. The fourth-order valence-corrected chi connectivity index (χ4v) is 1.14. The largest absolute Gasteiger partial charge is 0.370 e. The van der Waals surface area contributed by atoms with Crippen LogP contribution in [0.3, 0.4) is 0 Å². The van der Waals surface area contributed by atoms with Gasteiger partial charge in [0.05, 0.1) is 0 Å². The lowest BCUT2D eigenvalue weighted by atomic mass is 10.2. The summed E-state index contributed by atoms with van der Waals surface area (Å²) in [4.78, 5) is 21.4. The number of rotatable bonds is 8. The van der Waals surface area contributed by atoms with E-state index >= 15 is 0 Å². The maximum atomic E-state index is 11.0. The van der Waals surface area contributed by atoms with Gasteiger partial charge in [0.2, 0.25) is 11.8 Å². The molecular weight excluding hydrogens is 180 g/mol. The van der Waals surface area contributed by atoms with Gasteiger partial charge in [0.25, 0.3) is 0 Å². The van der Waals surface area contributed by atoms with Crippen molar-refractivity contribution in [3.63, 3.8) is 0 Å². The molecule has 0 rings (SSSR count). The number of nitrogens with one attached hydrogen (secondary N) is 1. The third-order valence-electron chi connectivity index (χ3n) is 1.90. The SMILES string of the molecule is CCCC(=O)NCCCCCC(N)=O. The molecule has 0 aromatic carbocycles. The summed E-state index contributed by atoms with van der Waals surface area (Å²) in [5.41, 5.74) is 4.99. The lowest BCUT2D eigenvalue weighted by Crippen LogP contribution is -2.23. The van der Waals surface area contributed by atoms with Crippen molar-refractivity contribution in [3.05, 3.63) is 0 Å². The van der Waals surface area contributed by atoms with E-state index in [4.69, 9.17) is 5.73 Å². The Hall–Kier alpha value is -1.06. The zero-order valence-electron chi connectivity index (χ0n) is 8.84. The molecule has 0 aliphatic heterocycles. The van der Waals surface area contributed by atoms with Crippen LogP contribution in [-0.4, -0.2) is 18.4 Å². The predicted molar refractivity (Wildman–Crippen MR) is 55.6 cm³/mol. The summed E-state index contributed by atoms with van der Waals surface area (Å²) in [6.45, 7) is 2.68. The summed E-state index contributed by atoms with van der Waals surface area (Å²) >= 11 is 0. The van der Waals surface area contributed by atoms with Gasteiger partial charge in [-0.25, -0.2) is 0 Å². The Morgan fingerprint density at radius 1 is 1.14 bits per heavy atom. The van der Waals surface area contributed by atoms with Gasteiger partial charge in [0.1, 0.15) is 0 Å². The Bertz CT molecular complexity index is 181. The second kappa shape index (κ2) is 8.53. The normalized spacial score (nSPS) is 9.79. The number of hydrogen-bond donors (Lipinski definition) is 2. The first-order chi connectivity index (χ1) is 6.66. The van der Waals surface area contributed by atoms with Gasteiger partial charge in [-0.2, -0.15) is 0 Å². The summed E-state index contributed by atoms with van der Waals surface area (Å²) in [5.74, 6) is -0.137. The quantitative estimate of drug-likeness (QED) is 0.572. The minimum Gasteiger partial charge on any atom is -0.370 e. The van der Waals surface area contributed by atoms with Gasteiger partial charge in [-0.15, -0.1) is 0 Å². The molecule has 0 atom stereocenters. The smallest absolute Gasteiger partial charge is 0.219 e. The molecule has 4 nitrogen and oxygen atoms in total. The van der Waals surface area contributed by atoms with Gasteiger partial charge in [-0.05, 0) is 19.3 Å². The van der Waals surface area contributed by atoms with Crippen LogP contribution >= 0.6 is 0 Å². The Morgan fingerprint density at radius 3 is 2.43 bits per heavy atom. The van der Waals surface area contributed by atoms with Gasteiger partial charge in [-0.1, -0.05) is 13.3 Å². The molecule has 0 fully saturated rings. The van der Waals surface area contributed by atoms with Crippen molar-refractivity contribution in [2.24, 2.45) is 5.73 Å². The summed E-state index contributed by atoms with van der Waals surface area (Å²) in [5, 5.41) is 2.82. The molecular formula is C10H20N2O2. The molecule has 0 heterocycles. The molecule has 4 heteroatoms. The number of primary amides is 1. The molecule has 0 unspecified atom stereocenters. The highest BCUT2D eigenvalue weighted by molar-refractivity contribution is 5.75. The van der Waals surface area contributed by atoms with Crippen LogP contribution in [0.15, 0.2) is 0 Å². The van der Waals surface area contributed by atoms with Gasteiger partial charge < -0.3 is 11.1 Å². The average molecular weight is 200 g/mol. The molecule has 0 aromatic heterocycles. The molecule has 0 saturated carbocycles. The fraction of sp³-hybridized carbons (Fsp3) is 0.800. The number of unbranched alkanes of at least 4 members (excludes halogenated alkanes) is 2. The average Bonchev–Trinajstić information content (AvgIpc) is 2.11. The Balaban J connectivity index is 3.13. The van der Waals surface area contributed by atoms with E-state index in [0.29, 0.717) is 19.4 Å². The lowest BCUT2D eigenvalue weighted by molar-refractivity contribution is -0.121. The number of hydrogen-bond acceptors (Lipinski definition) is 2. The monoisotopic (exact) mass is 200 g/mol. The standard InChI is InChI=1S/C10H20N2O2/c1-2-6-10(14)12-8-5-3-4-7-9(11)13/h2-8H2,1H3,(H2,11,13)(H,12,14). The molecule has 0 radical (unpaired) electrons. The minimum absolute atomic E-state index is 0.113. The predicted octanol–water partition coefficient (Wildman–Crippen LogP) is 0.948.